The van der Waals surface area contributed by atoms with Crippen LogP contribution in [-0.2, 0) is 9.72 Å². The van der Waals surface area contributed by atoms with Crippen molar-refractivity contribution >= 4 is 7.69 Å². The van der Waals surface area contributed by atoms with E-state index < -0.39 is 0 Å². The van der Waals surface area contributed by atoms with Crippen LogP contribution in [0.1, 0.15) is 0 Å². The fourth-order valence-electron chi connectivity index (χ4n) is 0.0137. The first-order chi connectivity index (χ1) is 2.41. The van der Waals surface area contributed by atoms with Gasteiger partial charge in [-0.25, -0.2) is 0 Å². The van der Waals surface area contributed by atoms with Gasteiger partial charge in [0.15, 0.2) is 0 Å². The van der Waals surface area contributed by atoms with Crippen LogP contribution < -0.4 is 18.9 Å². The van der Waals surface area contributed by atoms with Crippen LogP contribution in [0.5, 0.6) is 0 Å². The fourth-order valence-corrected chi connectivity index (χ4v) is 0.0137. The molecule has 0 spiro atoms. The van der Waals surface area contributed by atoms with Crippen molar-refractivity contribution in [1.82, 2.24) is 0 Å². The van der Waals surface area contributed by atoms with Gasteiger partial charge < -0.3 is 9.72 Å². The minimum absolute atomic E-state index is 0. The molecule has 2 radical (unpaired) electrons. The van der Waals surface area contributed by atoms with Gasteiger partial charge in [-0.05, 0) is 0 Å². The van der Waals surface area contributed by atoms with E-state index in [9.17, 15) is 9.05 Å². The Bertz CT molecular complexity index is 19.0. The van der Waals surface area contributed by atoms with E-state index in [1.54, 1.807) is 0 Å². The van der Waals surface area contributed by atoms with Crippen molar-refractivity contribution in [1.29, 1.82) is 0 Å². The van der Waals surface area contributed by atoms with Gasteiger partial charge in [0.25, 0.3) is 0 Å². The van der Waals surface area contributed by atoms with Gasteiger partial charge in [-0.1, -0.05) is 0 Å². The molecule has 0 aliphatic carbocycles. The summed E-state index contributed by atoms with van der Waals surface area (Å²) in [5.74, 6) is 0. The maximum absolute atomic E-state index is 10.1. The summed E-state index contributed by atoms with van der Waals surface area (Å²) in [6, 6.07) is 0. The zero-order valence-corrected chi connectivity index (χ0v) is 3.15. The first-order valence-electron chi connectivity index (χ1n) is 0.780. The molecule has 0 fully saturated rings. The summed E-state index contributed by atoms with van der Waals surface area (Å²) in [6.45, 7) is 0. The summed E-state index contributed by atoms with van der Waals surface area (Å²) in [7, 11) is -0.0833. The van der Waals surface area contributed by atoms with E-state index in [-0.39, 0.29) is 26.5 Å². The van der Waals surface area contributed by atoms with Crippen LogP contribution >= 0.6 is 0 Å². The molecule has 0 saturated carbocycles. The summed E-state index contributed by atoms with van der Waals surface area (Å²) in [4.78, 5) is 4.94. The Hall–Kier alpha value is 0.442. The van der Waals surface area contributed by atoms with Crippen LogP contribution in [0.4, 0.5) is 9.05 Å². The van der Waals surface area contributed by atoms with Crippen LogP contribution in [-0.4, -0.2) is 7.69 Å². The largest absolute Gasteiger partial charge is 1.00 e. The van der Waals surface area contributed by atoms with E-state index in [1.807, 2.05) is 0 Å². The Balaban J connectivity index is 0. The molecular formula is BF2LiO2. The van der Waals surface area contributed by atoms with Crippen molar-refractivity contribution < 1.29 is 37.6 Å². The van der Waals surface area contributed by atoms with Gasteiger partial charge in [-0.15, -0.1) is 9.05 Å². The second-order valence-electron chi connectivity index (χ2n) is 0.274. The zero-order valence-electron chi connectivity index (χ0n) is 3.15. The number of hydrogen-bond donors (Lipinski definition) is 0. The SMILES string of the molecule is FO[B-]OF.[Li+]. The molecule has 2 nitrogen and oxygen atoms in total. The van der Waals surface area contributed by atoms with Gasteiger partial charge >= 0.3 is 18.9 Å². The zero-order chi connectivity index (χ0) is 4.12. The summed E-state index contributed by atoms with van der Waals surface area (Å²) in [5, 5.41) is 0. The van der Waals surface area contributed by atoms with E-state index in [0.717, 1.165) is 0 Å². The predicted octanol–water partition coefficient (Wildman–Crippen LogP) is -2.67. The molecule has 0 aromatic rings. The molecule has 0 unspecified atom stereocenters. The Morgan fingerprint density at radius 3 is 1.50 bits per heavy atom. The van der Waals surface area contributed by atoms with E-state index in [1.165, 1.54) is 0 Å². The molecule has 0 atom stereocenters. The van der Waals surface area contributed by atoms with Crippen molar-refractivity contribution in [2.45, 2.75) is 0 Å². The normalized spacial score (nSPS) is 7.00. The molecule has 0 heterocycles. The summed E-state index contributed by atoms with van der Waals surface area (Å²) >= 11 is 0. The summed E-state index contributed by atoms with van der Waals surface area (Å²) < 4.78 is 20.1. The molecule has 30 valence electrons. The molecule has 0 aromatic carbocycles. The van der Waals surface area contributed by atoms with Crippen molar-refractivity contribution in [3.05, 3.63) is 0 Å². The maximum Gasteiger partial charge on any atom is 1.00 e. The Morgan fingerprint density at radius 1 is 1.17 bits per heavy atom. The van der Waals surface area contributed by atoms with Crippen LogP contribution in [0.3, 0.4) is 0 Å². The first-order valence-corrected chi connectivity index (χ1v) is 0.780. The van der Waals surface area contributed by atoms with E-state index in [4.69, 9.17) is 0 Å². The summed E-state index contributed by atoms with van der Waals surface area (Å²) in [6.07, 6.45) is 0. The third-order valence-corrected chi connectivity index (χ3v) is 0.0727. The van der Waals surface area contributed by atoms with Crippen molar-refractivity contribution in [2.24, 2.45) is 0 Å². The Labute approximate surface area is 46.1 Å². The smallest absolute Gasteiger partial charge is 0.451 e. The molecule has 0 amide bonds. The quantitative estimate of drug-likeness (QED) is 0.342. The van der Waals surface area contributed by atoms with Crippen molar-refractivity contribution in [2.75, 3.05) is 0 Å². The van der Waals surface area contributed by atoms with E-state index >= 15 is 0 Å². The topological polar surface area (TPSA) is 18.5 Å². The molecule has 0 saturated heterocycles. The standard InChI is InChI=1S/BF2O2.Li/c2-4-1-5-3;/q-1;+1. The minimum atomic E-state index is -0.0833. The summed E-state index contributed by atoms with van der Waals surface area (Å²) in [5.41, 5.74) is 0. The molecular weight excluding hydrogens is 87.7 g/mol. The Kier molecular flexibility index (Phi) is 14.6. The average molecular weight is 87.7 g/mol. The first kappa shape index (κ1) is 9.67. The van der Waals surface area contributed by atoms with Crippen LogP contribution in [0.15, 0.2) is 0 Å². The molecule has 6 heteroatoms. The van der Waals surface area contributed by atoms with E-state index in [2.05, 4.69) is 9.72 Å². The molecule has 0 rings (SSSR count). The number of hydrogen-bond acceptors (Lipinski definition) is 2. The number of halogens is 2. The van der Waals surface area contributed by atoms with Crippen LogP contribution in [0.2, 0.25) is 0 Å². The maximum atomic E-state index is 10.1. The average Bonchev–Trinajstić information content (AvgIpc) is 1.41. The second-order valence-corrected chi connectivity index (χ2v) is 0.274. The van der Waals surface area contributed by atoms with Crippen molar-refractivity contribution in [3.63, 3.8) is 0 Å². The molecule has 6 heavy (non-hydrogen) atoms. The van der Waals surface area contributed by atoms with Crippen LogP contribution in [0.25, 0.3) is 0 Å². The van der Waals surface area contributed by atoms with E-state index in [0.29, 0.717) is 0 Å². The van der Waals surface area contributed by atoms with Gasteiger partial charge in [-0.3, -0.25) is 0 Å². The molecule has 0 aromatic heterocycles. The minimum Gasteiger partial charge on any atom is -0.451 e. The molecule has 0 N–H and O–H groups in total. The molecule has 0 aliphatic rings. The monoisotopic (exact) mass is 88.0 g/mol. The Morgan fingerprint density at radius 2 is 1.50 bits per heavy atom. The third-order valence-electron chi connectivity index (χ3n) is 0.0727. The molecule has 0 aliphatic heterocycles. The van der Waals surface area contributed by atoms with Gasteiger partial charge in [0.1, 0.15) is 7.69 Å². The second kappa shape index (κ2) is 9.06. The van der Waals surface area contributed by atoms with Gasteiger partial charge in [0, 0.05) is 0 Å². The van der Waals surface area contributed by atoms with Crippen molar-refractivity contribution in [3.8, 4) is 0 Å². The fraction of sp³-hybridized carbons (Fsp3) is 0. The predicted molar refractivity (Wildman–Crippen MR) is 10.1 cm³/mol. The van der Waals surface area contributed by atoms with Crippen LogP contribution in [0, 0.1) is 0 Å². The number of rotatable bonds is 2. The van der Waals surface area contributed by atoms with Gasteiger partial charge in [0.2, 0.25) is 0 Å². The molecule has 0 bridgehead atoms. The third kappa shape index (κ3) is 8.82. The van der Waals surface area contributed by atoms with Gasteiger partial charge in [0.05, 0.1) is 0 Å². The van der Waals surface area contributed by atoms with Gasteiger partial charge in [-0.2, -0.15) is 0 Å².